The number of benzene rings is 1. The lowest BCUT2D eigenvalue weighted by molar-refractivity contribution is 0.0696. The zero-order valence-electron chi connectivity index (χ0n) is 8.60. The van der Waals surface area contributed by atoms with E-state index in [9.17, 15) is 9.00 Å². The molecule has 15 heavy (non-hydrogen) atoms. The Labute approximate surface area is 91.6 Å². The summed E-state index contributed by atoms with van der Waals surface area (Å²) in [5, 5.41) is 8.77. The highest BCUT2D eigenvalue weighted by molar-refractivity contribution is 7.85. The lowest BCUT2D eigenvalue weighted by Crippen LogP contribution is -2.01. The second kappa shape index (κ2) is 5.66. The molecule has 1 N–H and O–H groups in total. The number of rotatable bonds is 5. The lowest BCUT2D eigenvalue weighted by Gasteiger charge is -2.02. The maximum absolute atomic E-state index is 11.7. The summed E-state index contributed by atoms with van der Waals surface area (Å²) >= 11 is 0. The normalized spacial score (nSPS) is 12.3. The molecule has 0 spiro atoms. The number of carboxylic acid groups (broad SMARTS) is 1. The molecule has 3 nitrogen and oxygen atoms in total. The van der Waals surface area contributed by atoms with Crippen LogP contribution < -0.4 is 0 Å². The van der Waals surface area contributed by atoms with E-state index in [0.29, 0.717) is 10.6 Å². The third-order valence-electron chi connectivity index (χ3n) is 2.03. The van der Waals surface area contributed by atoms with E-state index in [4.69, 9.17) is 5.11 Å². The zero-order valence-corrected chi connectivity index (χ0v) is 9.42. The Bertz CT molecular complexity index is 374. The van der Waals surface area contributed by atoms with Gasteiger partial charge in [-0.05, 0) is 24.6 Å². The molecule has 0 heterocycles. The Hall–Kier alpha value is -1.16. The monoisotopic (exact) mass is 226 g/mol. The van der Waals surface area contributed by atoms with E-state index >= 15 is 0 Å². The van der Waals surface area contributed by atoms with Gasteiger partial charge in [-0.2, -0.15) is 0 Å². The summed E-state index contributed by atoms with van der Waals surface area (Å²) in [5.41, 5.74) is 0.192. The Morgan fingerprint density at radius 2 is 2.20 bits per heavy atom. The van der Waals surface area contributed by atoms with Gasteiger partial charge < -0.3 is 5.11 Å². The largest absolute Gasteiger partial charge is 0.478 e. The van der Waals surface area contributed by atoms with Crippen LogP contribution in [0.1, 0.15) is 30.1 Å². The summed E-state index contributed by atoms with van der Waals surface area (Å²) in [6, 6.07) is 6.32. The highest BCUT2D eigenvalue weighted by Gasteiger charge is 2.07. The molecule has 1 rings (SSSR count). The van der Waals surface area contributed by atoms with Gasteiger partial charge in [0, 0.05) is 10.6 Å². The van der Waals surface area contributed by atoms with E-state index < -0.39 is 16.8 Å². The Morgan fingerprint density at radius 3 is 2.80 bits per heavy atom. The van der Waals surface area contributed by atoms with Gasteiger partial charge in [-0.1, -0.05) is 19.4 Å². The molecule has 82 valence electrons. The number of hydrogen-bond acceptors (Lipinski definition) is 2. The van der Waals surface area contributed by atoms with Crippen LogP contribution in [0.4, 0.5) is 0 Å². The predicted octanol–water partition coefficient (Wildman–Crippen LogP) is 2.29. The molecule has 0 amide bonds. The van der Waals surface area contributed by atoms with Crippen molar-refractivity contribution >= 4 is 16.8 Å². The van der Waals surface area contributed by atoms with Crippen molar-refractivity contribution in [3.8, 4) is 0 Å². The average molecular weight is 226 g/mol. The smallest absolute Gasteiger partial charge is 0.335 e. The minimum absolute atomic E-state index is 0.192. The molecule has 0 aliphatic heterocycles. The van der Waals surface area contributed by atoms with Crippen molar-refractivity contribution in [2.75, 3.05) is 5.75 Å². The fourth-order valence-corrected chi connectivity index (χ4v) is 2.44. The maximum Gasteiger partial charge on any atom is 0.335 e. The molecule has 0 aliphatic rings. The summed E-state index contributed by atoms with van der Waals surface area (Å²) in [4.78, 5) is 11.3. The molecular weight excluding hydrogens is 212 g/mol. The van der Waals surface area contributed by atoms with Crippen molar-refractivity contribution in [1.82, 2.24) is 0 Å². The molecule has 0 radical (unpaired) electrons. The molecule has 0 aliphatic carbocycles. The minimum Gasteiger partial charge on any atom is -0.478 e. The molecule has 0 saturated carbocycles. The Balaban J connectivity index is 2.81. The summed E-state index contributed by atoms with van der Waals surface area (Å²) in [6.45, 7) is 2.03. The number of carboxylic acids is 1. The van der Waals surface area contributed by atoms with E-state index in [0.717, 1.165) is 12.8 Å². The average Bonchev–Trinajstić information content (AvgIpc) is 2.26. The van der Waals surface area contributed by atoms with Crippen molar-refractivity contribution in [2.45, 2.75) is 24.7 Å². The summed E-state index contributed by atoms with van der Waals surface area (Å²) in [6.07, 6.45) is 1.88. The van der Waals surface area contributed by atoms with Gasteiger partial charge >= 0.3 is 5.97 Å². The third-order valence-corrected chi connectivity index (χ3v) is 3.47. The molecule has 0 fully saturated rings. The molecule has 0 bridgehead atoms. The number of hydrogen-bond donors (Lipinski definition) is 1. The van der Waals surface area contributed by atoms with E-state index in [-0.39, 0.29) is 5.56 Å². The number of aromatic carboxylic acids is 1. The van der Waals surface area contributed by atoms with Gasteiger partial charge in [-0.3, -0.25) is 4.21 Å². The van der Waals surface area contributed by atoms with Gasteiger partial charge in [-0.15, -0.1) is 0 Å². The van der Waals surface area contributed by atoms with Crippen LogP contribution >= 0.6 is 0 Å². The molecule has 1 aromatic rings. The highest BCUT2D eigenvalue weighted by Crippen LogP contribution is 2.11. The van der Waals surface area contributed by atoms with Crippen LogP contribution in [0.25, 0.3) is 0 Å². The SMILES string of the molecule is CCCCS(=O)c1cccc(C(=O)O)c1. The molecule has 0 aromatic heterocycles. The molecular formula is C11H14O3S. The van der Waals surface area contributed by atoms with Crippen LogP contribution in [0.2, 0.25) is 0 Å². The van der Waals surface area contributed by atoms with E-state index in [1.165, 1.54) is 12.1 Å². The quantitative estimate of drug-likeness (QED) is 0.838. The fourth-order valence-electron chi connectivity index (χ4n) is 1.16. The van der Waals surface area contributed by atoms with Crippen molar-refractivity contribution < 1.29 is 14.1 Å². The van der Waals surface area contributed by atoms with Crippen molar-refractivity contribution in [3.05, 3.63) is 29.8 Å². The van der Waals surface area contributed by atoms with E-state index in [2.05, 4.69) is 0 Å². The molecule has 1 aromatic carbocycles. The lowest BCUT2D eigenvalue weighted by atomic mass is 10.2. The summed E-state index contributed by atoms with van der Waals surface area (Å²) in [7, 11) is -1.07. The summed E-state index contributed by atoms with van der Waals surface area (Å²) in [5.74, 6) is -0.385. The van der Waals surface area contributed by atoms with Gasteiger partial charge in [0.05, 0.1) is 16.4 Å². The summed E-state index contributed by atoms with van der Waals surface area (Å²) < 4.78 is 11.7. The van der Waals surface area contributed by atoms with Crippen molar-refractivity contribution in [2.24, 2.45) is 0 Å². The van der Waals surface area contributed by atoms with Crippen LogP contribution in [-0.2, 0) is 10.8 Å². The fraction of sp³-hybridized carbons (Fsp3) is 0.364. The topological polar surface area (TPSA) is 54.4 Å². The van der Waals surface area contributed by atoms with Gasteiger partial charge in [0.2, 0.25) is 0 Å². The van der Waals surface area contributed by atoms with E-state index in [1.54, 1.807) is 12.1 Å². The standard InChI is InChI=1S/C11H14O3S/c1-2-3-7-15(14)10-6-4-5-9(8-10)11(12)13/h4-6,8H,2-3,7H2,1H3,(H,12,13). The third kappa shape index (κ3) is 3.47. The number of carbonyl (C=O) groups is 1. The first-order valence-electron chi connectivity index (χ1n) is 4.87. The van der Waals surface area contributed by atoms with Gasteiger partial charge in [0.25, 0.3) is 0 Å². The molecule has 1 unspecified atom stereocenters. The van der Waals surface area contributed by atoms with Crippen molar-refractivity contribution in [3.63, 3.8) is 0 Å². The first kappa shape index (κ1) is 11.9. The highest BCUT2D eigenvalue weighted by atomic mass is 32.2. The van der Waals surface area contributed by atoms with Crippen LogP contribution in [-0.4, -0.2) is 21.0 Å². The van der Waals surface area contributed by atoms with Crippen LogP contribution in [0.3, 0.4) is 0 Å². The predicted molar refractivity (Wildman–Crippen MR) is 59.6 cm³/mol. The molecule has 1 atom stereocenters. The second-order valence-corrected chi connectivity index (χ2v) is 4.81. The number of unbranched alkanes of at least 4 members (excludes halogenated alkanes) is 1. The van der Waals surface area contributed by atoms with Crippen LogP contribution in [0.15, 0.2) is 29.2 Å². The van der Waals surface area contributed by atoms with Gasteiger partial charge in [-0.25, -0.2) is 4.79 Å². The minimum atomic E-state index is -1.07. The van der Waals surface area contributed by atoms with Crippen LogP contribution in [0.5, 0.6) is 0 Å². The first-order valence-corrected chi connectivity index (χ1v) is 6.18. The maximum atomic E-state index is 11.7. The van der Waals surface area contributed by atoms with E-state index in [1.807, 2.05) is 6.92 Å². The second-order valence-electron chi connectivity index (χ2n) is 3.24. The first-order chi connectivity index (χ1) is 7.15. The Morgan fingerprint density at radius 1 is 1.47 bits per heavy atom. The van der Waals surface area contributed by atoms with Gasteiger partial charge in [0.15, 0.2) is 0 Å². The van der Waals surface area contributed by atoms with Gasteiger partial charge in [0.1, 0.15) is 0 Å². The zero-order chi connectivity index (χ0) is 11.3. The Kier molecular flexibility index (Phi) is 4.49. The molecule has 4 heteroatoms. The van der Waals surface area contributed by atoms with Crippen LogP contribution in [0, 0.1) is 0 Å². The molecule has 0 saturated heterocycles. The van der Waals surface area contributed by atoms with Crippen molar-refractivity contribution in [1.29, 1.82) is 0 Å².